The van der Waals surface area contributed by atoms with E-state index in [0.717, 1.165) is 43.1 Å². The predicted molar refractivity (Wildman–Crippen MR) is 85.3 cm³/mol. The molecule has 7 heteroatoms. The second-order valence-electron chi connectivity index (χ2n) is 6.41. The number of likely N-dealkylation sites (N-methyl/N-ethyl adjacent to an activating group) is 1. The van der Waals surface area contributed by atoms with Crippen LogP contribution in [0.5, 0.6) is 0 Å². The number of nitrogens with zero attached hydrogens (tertiary/aromatic N) is 3. The maximum Gasteiger partial charge on any atom is 0.323 e. The van der Waals surface area contributed by atoms with E-state index in [0.29, 0.717) is 23.8 Å². The third-order valence-electron chi connectivity index (χ3n) is 5.14. The Morgan fingerprint density at radius 3 is 3.09 bits per heavy atom. The number of carbonyl (C=O) groups is 1. The molecule has 1 aromatic heterocycles. The molecule has 2 saturated heterocycles. The number of likely N-dealkylation sites (tertiary alicyclic amines) is 1. The number of thiazole rings is 1. The van der Waals surface area contributed by atoms with Crippen LogP contribution in [0.1, 0.15) is 29.8 Å². The van der Waals surface area contributed by atoms with E-state index in [1.54, 1.807) is 11.3 Å². The first-order valence-corrected chi connectivity index (χ1v) is 8.86. The zero-order valence-corrected chi connectivity index (χ0v) is 13.7. The topological polar surface area (TPSA) is 57.7 Å². The van der Waals surface area contributed by atoms with Crippen molar-refractivity contribution in [3.8, 4) is 0 Å². The molecule has 2 unspecified atom stereocenters. The Bertz CT molecular complexity index is 552. The zero-order chi connectivity index (χ0) is 15.1. The van der Waals surface area contributed by atoms with Crippen LogP contribution in [0.25, 0.3) is 0 Å². The van der Waals surface area contributed by atoms with Gasteiger partial charge in [-0.3, -0.25) is 10.2 Å². The lowest BCUT2D eigenvalue weighted by Crippen LogP contribution is -2.41. The quantitative estimate of drug-likeness (QED) is 0.858. The third kappa shape index (κ3) is 2.61. The average Bonchev–Trinajstić information content (AvgIpc) is 2.99. The van der Waals surface area contributed by atoms with Gasteiger partial charge in [-0.1, -0.05) is 11.3 Å². The van der Waals surface area contributed by atoms with Crippen molar-refractivity contribution >= 4 is 22.5 Å². The lowest BCUT2D eigenvalue weighted by atomic mass is 10.1. The van der Waals surface area contributed by atoms with Gasteiger partial charge in [0.25, 0.3) is 0 Å². The maximum atomic E-state index is 12.5. The Balaban J connectivity index is 1.42. The summed E-state index contributed by atoms with van der Waals surface area (Å²) in [6.45, 7) is 3.02. The summed E-state index contributed by atoms with van der Waals surface area (Å²) >= 11 is 1.54. The summed E-state index contributed by atoms with van der Waals surface area (Å²) < 4.78 is 5.43. The van der Waals surface area contributed by atoms with Gasteiger partial charge in [0.15, 0.2) is 5.13 Å². The Morgan fingerprint density at radius 1 is 1.36 bits per heavy atom. The van der Waals surface area contributed by atoms with Gasteiger partial charge in [0.1, 0.15) is 0 Å². The van der Waals surface area contributed by atoms with Crippen molar-refractivity contribution in [3.63, 3.8) is 0 Å². The van der Waals surface area contributed by atoms with Crippen LogP contribution < -0.4 is 5.32 Å². The molecule has 0 aromatic carbocycles. The van der Waals surface area contributed by atoms with Gasteiger partial charge in [0, 0.05) is 31.6 Å². The number of urea groups is 1. The Kier molecular flexibility index (Phi) is 3.79. The number of ether oxygens (including phenoxy) is 1. The highest BCUT2D eigenvalue weighted by Crippen LogP contribution is 2.30. The average molecular weight is 322 g/mol. The fourth-order valence-corrected chi connectivity index (χ4v) is 4.68. The molecule has 0 spiro atoms. The monoisotopic (exact) mass is 322 g/mol. The molecular weight excluding hydrogens is 300 g/mol. The first-order chi connectivity index (χ1) is 10.7. The third-order valence-corrected chi connectivity index (χ3v) is 6.13. The lowest BCUT2D eigenvalue weighted by Gasteiger charge is -2.25. The van der Waals surface area contributed by atoms with Crippen LogP contribution in [0.3, 0.4) is 0 Å². The molecule has 0 radical (unpaired) electrons. The van der Waals surface area contributed by atoms with E-state index in [4.69, 9.17) is 4.74 Å². The van der Waals surface area contributed by atoms with Gasteiger partial charge in [0.2, 0.25) is 0 Å². The van der Waals surface area contributed by atoms with Gasteiger partial charge >= 0.3 is 6.03 Å². The number of rotatable bonds is 1. The highest BCUT2D eigenvalue weighted by Gasteiger charge is 2.36. The molecule has 0 aliphatic carbocycles. The van der Waals surface area contributed by atoms with Gasteiger partial charge in [-0.25, -0.2) is 9.78 Å². The molecule has 22 heavy (non-hydrogen) atoms. The molecule has 3 aliphatic rings. The normalized spacial score (nSPS) is 28.3. The number of anilines is 1. The molecule has 2 bridgehead atoms. The summed E-state index contributed by atoms with van der Waals surface area (Å²) in [6, 6.07) is 1.15. The molecule has 120 valence electrons. The second kappa shape index (κ2) is 5.79. The van der Waals surface area contributed by atoms with E-state index < -0.39 is 0 Å². The lowest BCUT2D eigenvalue weighted by molar-refractivity contribution is 0.112. The molecule has 3 aliphatic heterocycles. The molecular formula is C15H22N4O2S. The molecule has 2 amide bonds. The number of aromatic nitrogens is 1. The van der Waals surface area contributed by atoms with Crippen LogP contribution in [0.2, 0.25) is 0 Å². The molecule has 6 nitrogen and oxygen atoms in total. The van der Waals surface area contributed by atoms with Gasteiger partial charge < -0.3 is 9.64 Å². The minimum atomic E-state index is -0.00651. The molecule has 4 heterocycles. The molecule has 1 N–H and O–H groups in total. The number of hydrogen-bond donors (Lipinski definition) is 1. The van der Waals surface area contributed by atoms with E-state index in [9.17, 15) is 4.79 Å². The van der Waals surface area contributed by atoms with E-state index in [1.165, 1.54) is 12.8 Å². The summed E-state index contributed by atoms with van der Waals surface area (Å²) in [5.74, 6) is 0. The van der Waals surface area contributed by atoms with Crippen molar-refractivity contribution in [1.82, 2.24) is 14.8 Å². The van der Waals surface area contributed by atoms with E-state index >= 15 is 0 Å². The molecule has 1 aromatic rings. The number of amides is 2. The van der Waals surface area contributed by atoms with Crippen molar-refractivity contribution < 1.29 is 9.53 Å². The largest absolute Gasteiger partial charge is 0.375 e. The highest BCUT2D eigenvalue weighted by molar-refractivity contribution is 7.15. The fourth-order valence-electron chi connectivity index (χ4n) is 3.74. The van der Waals surface area contributed by atoms with Crippen LogP contribution in [0, 0.1) is 0 Å². The summed E-state index contributed by atoms with van der Waals surface area (Å²) in [5.41, 5.74) is 1.08. The highest BCUT2D eigenvalue weighted by atomic mass is 32.1. The number of hydrogen-bond acceptors (Lipinski definition) is 5. The molecule has 2 fully saturated rings. The first-order valence-electron chi connectivity index (χ1n) is 8.05. The van der Waals surface area contributed by atoms with Crippen molar-refractivity contribution in [2.75, 3.05) is 32.1 Å². The van der Waals surface area contributed by atoms with E-state index in [-0.39, 0.29) is 6.03 Å². The first kappa shape index (κ1) is 14.4. The van der Waals surface area contributed by atoms with Crippen molar-refractivity contribution in [2.45, 2.75) is 44.4 Å². The second-order valence-corrected chi connectivity index (χ2v) is 7.49. The van der Waals surface area contributed by atoms with Crippen LogP contribution in [0.4, 0.5) is 9.93 Å². The van der Waals surface area contributed by atoms with Crippen molar-refractivity contribution in [1.29, 1.82) is 0 Å². The van der Waals surface area contributed by atoms with Crippen molar-refractivity contribution in [3.05, 3.63) is 10.6 Å². The summed E-state index contributed by atoms with van der Waals surface area (Å²) in [6.07, 6.45) is 4.40. The minimum absolute atomic E-state index is 0.00651. The zero-order valence-electron chi connectivity index (χ0n) is 12.9. The van der Waals surface area contributed by atoms with Crippen molar-refractivity contribution in [2.24, 2.45) is 0 Å². The van der Waals surface area contributed by atoms with Gasteiger partial charge in [-0.2, -0.15) is 0 Å². The van der Waals surface area contributed by atoms with Gasteiger partial charge in [-0.15, -0.1) is 0 Å². The fraction of sp³-hybridized carbons (Fsp3) is 0.733. The van der Waals surface area contributed by atoms with E-state index in [1.807, 2.05) is 4.90 Å². The van der Waals surface area contributed by atoms with E-state index in [2.05, 4.69) is 22.2 Å². The number of carbonyl (C=O) groups excluding carboxylic acids is 1. The number of nitrogens with one attached hydrogen (secondary N) is 1. The van der Waals surface area contributed by atoms with Crippen LogP contribution in [-0.2, 0) is 17.8 Å². The van der Waals surface area contributed by atoms with Gasteiger partial charge in [0.05, 0.1) is 23.8 Å². The summed E-state index contributed by atoms with van der Waals surface area (Å²) in [7, 11) is 2.19. The maximum absolute atomic E-state index is 12.5. The SMILES string of the molecule is CN1C2CCC1CN(C(=O)Nc1nc3c(s1)COCC3)CC2. The van der Waals surface area contributed by atoms with Crippen LogP contribution >= 0.6 is 11.3 Å². The summed E-state index contributed by atoms with van der Waals surface area (Å²) in [4.78, 5) is 22.6. The van der Waals surface area contributed by atoms with Crippen LogP contribution in [0.15, 0.2) is 0 Å². The summed E-state index contributed by atoms with van der Waals surface area (Å²) in [5, 5.41) is 3.70. The molecule has 0 saturated carbocycles. The Hall–Kier alpha value is -1.18. The van der Waals surface area contributed by atoms with Crippen LogP contribution in [-0.4, -0.2) is 59.6 Å². The molecule has 4 rings (SSSR count). The number of fused-ring (bicyclic) bond motifs is 3. The smallest absolute Gasteiger partial charge is 0.323 e. The standard InChI is InChI=1S/C15H22N4O2S/c1-18-10-2-3-11(18)8-19(6-4-10)15(20)17-14-16-12-5-7-21-9-13(12)22-14/h10-11H,2-9H2,1H3,(H,16,17,20). The van der Waals surface area contributed by atoms with Gasteiger partial charge in [-0.05, 0) is 26.3 Å². The Morgan fingerprint density at radius 2 is 2.23 bits per heavy atom. The predicted octanol–water partition coefficient (Wildman–Crippen LogP) is 1.92. The minimum Gasteiger partial charge on any atom is -0.375 e. The Labute approximate surface area is 134 Å². The molecule has 2 atom stereocenters.